The Bertz CT molecular complexity index is 762. The van der Waals surface area contributed by atoms with E-state index in [0.717, 1.165) is 24.2 Å². The number of benzene rings is 1. The summed E-state index contributed by atoms with van der Waals surface area (Å²) in [7, 11) is 1.61. The molecule has 1 heterocycles. The molecule has 4 bridgehead atoms. The molecule has 4 saturated carbocycles. The molecule has 6 rings (SSSR count). The van der Waals surface area contributed by atoms with E-state index >= 15 is 0 Å². The highest BCUT2D eigenvalue weighted by molar-refractivity contribution is 5.94. The lowest BCUT2D eigenvalue weighted by molar-refractivity contribution is -0.141. The van der Waals surface area contributed by atoms with Gasteiger partial charge >= 0.3 is 0 Å². The summed E-state index contributed by atoms with van der Waals surface area (Å²) in [5, 5.41) is 0. The SMILES string of the molecule is COc1cccc(C(=O)N2CCN(C(=O)CC34CC5CC(CC(C5)C3)C4)CC2)c1. The molecular weight excluding hydrogens is 364 g/mol. The van der Waals surface area contributed by atoms with Crippen molar-refractivity contribution < 1.29 is 14.3 Å². The van der Waals surface area contributed by atoms with Crippen molar-refractivity contribution in [2.75, 3.05) is 33.3 Å². The molecule has 0 atom stereocenters. The molecule has 5 aliphatic rings. The van der Waals surface area contributed by atoms with Gasteiger partial charge in [-0.25, -0.2) is 0 Å². The highest BCUT2D eigenvalue weighted by Gasteiger charge is 2.51. The van der Waals surface area contributed by atoms with E-state index in [0.29, 0.717) is 48.8 Å². The van der Waals surface area contributed by atoms with E-state index in [-0.39, 0.29) is 5.91 Å². The van der Waals surface area contributed by atoms with Gasteiger partial charge in [-0.2, -0.15) is 0 Å². The van der Waals surface area contributed by atoms with E-state index in [4.69, 9.17) is 4.74 Å². The molecule has 1 aromatic carbocycles. The van der Waals surface area contributed by atoms with Gasteiger partial charge in [0.25, 0.3) is 5.91 Å². The van der Waals surface area contributed by atoms with Gasteiger partial charge in [0.1, 0.15) is 5.75 Å². The van der Waals surface area contributed by atoms with Crippen LogP contribution in [0.1, 0.15) is 55.3 Å². The van der Waals surface area contributed by atoms with Crippen molar-refractivity contribution in [2.24, 2.45) is 23.2 Å². The predicted octanol–water partition coefficient (Wildman–Crippen LogP) is 3.59. The van der Waals surface area contributed by atoms with Crippen molar-refractivity contribution in [3.63, 3.8) is 0 Å². The Kier molecular flexibility index (Phi) is 4.79. The maximum Gasteiger partial charge on any atom is 0.254 e. The number of hydrogen-bond acceptors (Lipinski definition) is 3. The Labute approximate surface area is 173 Å². The number of hydrogen-bond donors (Lipinski definition) is 0. The first kappa shape index (κ1) is 19.0. The predicted molar refractivity (Wildman–Crippen MR) is 111 cm³/mol. The summed E-state index contributed by atoms with van der Waals surface area (Å²) in [5.74, 6) is 3.68. The van der Waals surface area contributed by atoms with Crippen LogP contribution in [0.15, 0.2) is 24.3 Å². The molecule has 5 nitrogen and oxygen atoms in total. The Morgan fingerprint density at radius 2 is 1.55 bits per heavy atom. The number of rotatable bonds is 4. The summed E-state index contributed by atoms with van der Waals surface area (Å²) in [5.41, 5.74) is 0.942. The Hall–Kier alpha value is -2.04. The lowest BCUT2D eigenvalue weighted by Gasteiger charge is -2.57. The van der Waals surface area contributed by atoms with Gasteiger partial charge in [0, 0.05) is 38.2 Å². The fourth-order valence-corrected chi connectivity index (χ4v) is 7.04. The maximum absolute atomic E-state index is 13.1. The van der Waals surface area contributed by atoms with Crippen molar-refractivity contribution in [3.8, 4) is 5.75 Å². The monoisotopic (exact) mass is 396 g/mol. The van der Waals surface area contributed by atoms with Crippen molar-refractivity contribution in [1.82, 2.24) is 9.80 Å². The van der Waals surface area contributed by atoms with Gasteiger partial charge in [0.15, 0.2) is 0 Å². The quantitative estimate of drug-likeness (QED) is 0.782. The van der Waals surface area contributed by atoms with E-state index in [9.17, 15) is 9.59 Å². The zero-order valence-corrected chi connectivity index (χ0v) is 17.4. The van der Waals surface area contributed by atoms with Gasteiger partial charge < -0.3 is 14.5 Å². The van der Waals surface area contributed by atoms with Gasteiger partial charge in [0.05, 0.1) is 7.11 Å². The normalized spacial score (nSPS) is 33.1. The molecule has 29 heavy (non-hydrogen) atoms. The third kappa shape index (κ3) is 3.64. The van der Waals surface area contributed by atoms with Gasteiger partial charge in [-0.3, -0.25) is 9.59 Å². The highest BCUT2D eigenvalue weighted by atomic mass is 16.5. The fourth-order valence-electron chi connectivity index (χ4n) is 7.04. The first-order valence-electron chi connectivity index (χ1n) is 11.2. The third-order valence-electron chi connectivity index (χ3n) is 7.93. The smallest absolute Gasteiger partial charge is 0.254 e. The molecule has 5 fully saturated rings. The molecule has 0 radical (unpaired) electrons. The average Bonchev–Trinajstić information content (AvgIpc) is 2.72. The number of nitrogens with zero attached hydrogens (tertiary/aromatic N) is 2. The van der Waals surface area contributed by atoms with Crippen LogP contribution in [0.4, 0.5) is 0 Å². The molecule has 1 aliphatic heterocycles. The molecule has 1 aromatic rings. The Morgan fingerprint density at radius 1 is 0.966 bits per heavy atom. The minimum Gasteiger partial charge on any atom is -0.497 e. The topological polar surface area (TPSA) is 49.9 Å². The van der Waals surface area contributed by atoms with Gasteiger partial charge in [-0.15, -0.1) is 0 Å². The number of carbonyl (C=O) groups excluding carboxylic acids is 2. The molecule has 1 saturated heterocycles. The van der Waals surface area contributed by atoms with Gasteiger partial charge in [0.2, 0.25) is 5.91 Å². The number of ether oxygens (including phenoxy) is 1. The average molecular weight is 397 g/mol. The van der Waals surface area contributed by atoms with Crippen molar-refractivity contribution >= 4 is 11.8 Å². The third-order valence-corrected chi connectivity index (χ3v) is 7.93. The van der Waals surface area contributed by atoms with Crippen molar-refractivity contribution in [1.29, 1.82) is 0 Å². The Balaban J connectivity index is 1.17. The van der Waals surface area contributed by atoms with Crippen LogP contribution in [0.3, 0.4) is 0 Å². The van der Waals surface area contributed by atoms with E-state index in [1.165, 1.54) is 38.5 Å². The Morgan fingerprint density at radius 3 is 2.14 bits per heavy atom. The van der Waals surface area contributed by atoms with E-state index in [2.05, 4.69) is 0 Å². The van der Waals surface area contributed by atoms with E-state index < -0.39 is 0 Å². The summed E-state index contributed by atoms with van der Waals surface area (Å²) in [6, 6.07) is 7.30. The molecule has 0 N–H and O–H groups in total. The van der Waals surface area contributed by atoms with E-state index in [1.807, 2.05) is 28.0 Å². The second kappa shape index (κ2) is 7.33. The number of carbonyl (C=O) groups is 2. The van der Waals surface area contributed by atoms with Crippen LogP contribution in [-0.2, 0) is 4.79 Å². The van der Waals surface area contributed by atoms with Crippen LogP contribution in [-0.4, -0.2) is 54.9 Å². The van der Waals surface area contributed by atoms with Gasteiger partial charge in [-0.1, -0.05) is 6.07 Å². The lowest BCUT2D eigenvalue weighted by Crippen LogP contribution is -2.53. The fraction of sp³-hybridized carbons (Fsp3) is 0.667. The van der Waals surface area contributed by atoms with Crippen LogP contribution in [0.25, 0.3) is 0 Å². The highest BCUT2D eigenvalue weighted by Crippen LogP contribution is 2.61. The number of methoxy groups -OCH3 is 1. The standard InChI is InChI=1S/C24H32N2O3/c1-29-21-4-2-3-20(12-21)23(28)26-7-5-25(6-8-26)22(27)16-24-13-17-9-18(14-24)11-19(10-17)15-24/h2-4,12,17-19H,5-11,13-16H2,1H3. The molecule has 156 valence electrons. The van der Waals surface area contributed by atoms with Crippen molar-refractivity contribution in [2.45, 2.75) is 44.9 Å². The lowest BCUT2D eigenvalue weighted by atomic mass is 9.49. The number of amides is 2. The van der Waals surface area contributed by atoms with Crippen LogP contribution < -0.4 is 4.74 Å². The zero-order valence-electron chi connectivity index (χ0n) is 17.4. The summed E-state index contributed by atoms with van der Waals surface area (Å²) in [6.07, 6.45) is 8.81. The largest absolute Gasteiger partial charge is 0.497 e. The minimum atomic E-state index is 0.0251. The number of piperazine rings is 1. The first-order chi connectivity index (χ1) is 14.0. The second-order valence-electron chi connectivity index (χ2n) is 10.00. The van der Waals surface area contributed by atoms with Crippen LogP contribution in [0.5, 0.6) is 5.75 Å². The summed E-state index contributed by atoms with van der Waals surface area (Å²) >= 11 is 0. The molecule has 0 spiro atoms. The molecule has 0 unspecified atom stereocenters. The molecule has 0 aromatic heterocycles. The zero-order chi connectivity index (χ0) is 20.0. The maximum atomic E-state index is 13.1. The summed E-state index contributed by atoms with van der Waals surface area (Å²) < 4.78 is 5.23. The first-order valence-corrected chi connectivity index (χ1v) is 11.2. The van der Waals surface area contributed by atoms with Crippen LogP contribution in [0, 0.1) is 23.2 Å². The summed E-state index contributed by atoms with van der Waals surface area (Å²) in [4.78, 5) is 29.8. The van der Waals surface area contributed by atoms with Crippen LogP contribution in [0.2, 0.25) is 0 Å². The second-order valence-corrected chi connectivity index (χ2v) is 10.00. The van der Waals surface area contributed by atoms with Crippen molar-refractivity contribution in [3.05, 3.63) is 29.8 Å². The molecule has 4 aliphatic carbocycles. The minimum absolute atomic E-state index is 0.0251. The molecular formula is C24H32N2O3. The van der Waals surface area contributed by atoms with Crippen LogP contribution >= 0.6 is 0 Å². The van der Waals surface area contributed by atoms with E-state index in [1.54, 1.807) is 13.2 Å². The van der Waals surface area contributed by atoms with Gasteiger partial charge in [-0.05, 0) is 79.9 Å². The molecule has 5 heteroatoms. The molecule has 2 amide bonds. The summed E-state index contributed by atoms with van der Waals surface area (Å²) in [6.45, 7) is 2.53.